The maximum absolute atomic E-state index is 12.9. The third-order valence-corrected chi connectivity index (χ3v) is 6.04. The second-order valence-electron chi connectivity index (χ2n) is 8.75. The monoisotopic (exact) mass is 498 g/mol. The zero-order chi connectivity index (χ0) is 25.9. The third kappa shape index (κ3) is 7.36. The minimum atomic E-state index is -0.603. The number of aryl methyl sites for hydroxylation is 1. The highest BCUT2D eigenvalue weighted by Gasteiger charge is 2.17. The summed E-state index contributed by atoms with van der Waals surface area (Å²) < 4.78 is 15.2. The number of nitrogens with zero attached hydrogens (tertiary/aromatic N) is 3. The van der Waals surface area contributed by atoms with E-state index in [9.17, 15) is 9.18 Å². The first-order valence-electron chi connectivity index (χ1n) is 12.5. The maximum Gasteiger partial charge on any atom is 0.433 e. The van der Waals surface area contributed by atoms with Crippen molar-refractivity contribution in [3.05, 3.63) is 102 Å². The van der Waals surface area contributed by atoms with Crippen LogP contribution in [0.15, 0.2) is 90.1 Å². The summed E-state index contributed by atoms with van der Waals surface area (Å²) in [6.45, 7) is 3.46. The van der Waals surface area contributed by atoms with E-state index in [-0.39, 0.29) is 5.82 Å². The van der Waals surface area contributed by atoms with Gasteiger partial charge in [0.15, 0.2) is 0 Å². The highest BCUT2D eigenvalue weighted by molar-refractivity contribution is 5.80. The molecule has 0 bridgehead atoms. The summed E-state index contributed by atoms with van der Waals surface area (Å²) in [5, 5.41) is 6.33. The Morgan fingerprint density at radius 1 is 0.919 bits per heavy atom. The second kappa shape index (κ2) is 13.2. The predicted octanol–water partition coefficient (Wildman–Crippen LogP) is 6.99. The van der Waals surface area contributed by atoms with Gasteiger partial charge in [0.25, 0.3) is 0 Å². The van der Waals surface area contributed by atoms with Crippen molar-refractivity contribution in [3.63, 3.8) is 0 Å². The number of rotatable bonds is 11. The van der Waals surface area contributed by atoms with Crippen LogP contribution < -0.4 is 5.32 Å². The first-order valence-corrected chi connectivity index (χ1v) is 12.5. The minimum Gasteiger partial charge on any atom is -0.328 e. The number of carbonyl (C=O) groups excluding carboxylic acids is 1. The third-order valence-electron chi connectivity index (χ3n) is 6.04. The molecule has 0 aliphatic rings. The quantitative estimate of drug-likeness (QED) is 0.105. The van der Waals surface area contributed by atoms with Gasteiger partial charge in [0.1, 0.15) is 11.6 Å². The van der Waals surface area contributed by atoms with Gasteiger partial charge in [-0.15, -0.1) is 0 Å². The largest absolute Gasteiger partial charge is 0.433 e. The van der Waals surface area contributed by atoms with Crippen molar-refractivity contribution < 1.29 is 14.0 Å². The van der Waals surface area contributed by atoms with Gasteiger partial charge in [-0.2, -0.15) is 0 Å². The van der Waals surface area contributed by atoms with E-state index < -0.39 is 6.09 Å². The van der Waals surface area contributed by atoms with E-state index >= 15 is 0 Å². The Bertz CT molecular complexity index is 1300. The molecule has 6 nitrogen and oxygen atoms in total. The minimum absolute atomic E-state index is 0.329. The van der Waals surface area contributed by atoms with E-state index in [1.165, 1.54) is 18.3 Å². The van der Waals surface area contributed by atoms with E-state index in [1.54, 1.807) is 12.1 Å². The number of hydrogen-bond donors (Lipinski definition) is 1. The molecule has 0 saturated heterocycles. The lowest BCUT2D eigenvalue weighted by atomic mass is 10.0. The molecule has 190 valence electrons. The van der Waals surface area contributed by atoms with Crippen molar-refractivity contribution in [2.45, 2.75) is 39.2 Å². The molecule has 0 saturated carbocycles. The average molecular weight is 499 g/mol. The molecule has 1 heterocycles. The van der Waals surface area contributed by atoms with Crippen LogP contribution in [0.3, 0.4) is 0 Å². The number of benzene rings is 3. The fourth-order valence-corrected chi connectivity index (χ4v) is 4.18. The van der Waals surface area contributed by atoms with Crippen molar-refractivity contribution >= 4 is 12.3 Å². The van der Waals surface area contributed by atoms with Crippen LogP contribution in [0.25, 0.3) is 22.5 Å². The summed E-state index contributed by atoms with van der Waals surface area (Å²) in [6.07, 6.45) is 4.64. The van der Waals surface area contributed by atoms with Crippen molar-refractivity contribution in [1.29, 1.82) is 0 Å². The summed E-state index contributed by atoms with van der Waals surface area (Å²) in [7, 11) is 0. The summed E-state index contributed by atoms with van der Waals surface area (Å²) in [5.41, 5.74) is 5.08. The summed E-state index contributed by atoms with van der Waals surface area (Å²) in [4.78, 5) is 21.5. The van der Waals surface area contributed by atoms with Gasteiger partial charge in [0, 0.05) is 24.2 Å². The molecule has 0 radical (unpaired) electrons. The van der Waals surface area contributed by atoms with E-state index in [0.717, 1.165) is 60.6 Å². The number of amides is 1. The van der Waals surface area contributed by atoms with Gasteiger partial charge in [-0.25, -0.2) is 14.2 Å². The van der Waals surface area contributed by atoms with Gasteiger partial charge in [-0.3, -0.25) is 4.84 Å². The smallest absolute Gasteiger partial charge is 0.328 e. The average Bonchev–Trinajstić information content (AvgIpc) is 3.26. The normalized spacial score (nSPS) is 11.1. The molecule has 1 amide bonds. The molecule has 0 unspecified atom stereocenters. The fourth-order valence-electron chi connectivity index (χ4n) is 4.18. The Morgan fingerprint density at radius 3 is 2.27 bits per heavy atom. The van der Waals surface area contributed by atoms with Crippen LogP contribution in [-0.2, 0) is 11.4 Å². The number of halogens is 1. The molecule has 0 atom stereocenters. The van der Waals surface area contributed by atoms with Gasteiger partial charge < -0.3 is 9.88 Å². The molecule has 0 fully saturated rings. The molecule has 37 heavy (non-hydrogen) atoms. The number of nitrogens with one attached hydrogen (secondary N) is 1. The van der Waals surface area contributed by atoms with Crippen LogP contribution in [-0.4, -0.2) is 28.4 Å². The Labute approximate surface area is 216 Å². The predicted molar refractivity (Wildman–Crippen MR) is 145 cm³/mol. The highest BCUT2D eigenvalue weighted by atomic mass is 19.1. The highest BCUT2D eigenvalue weighted by Crippen LogP contribution is 2.33. The molecular weight excluding hydrogens is 467 g/mol. The van der Waals surface area contributed by atoms with Crippen molar-refractivity contribution in [1.82, 2.24) is 14.9 Å². The number of unbranched alkanes of at least 4 members (excludes halogenated alkanes) is 3. The zero-order valence-corrected chi connectivity index (χ0v) is 20.9. The lowest BCUT2D eigenvalue weighted by molar-refractivity contribution is 0.151. The van der Waals surface area contributed by atoms with Crippen LogP contribution in [0.5, 0.6) is 0 Å². The van der Waals surface area contributed by atoms with Gasteiger partial charge in [0.2, 0.25) is 0 Å². The van der Waals surface area contributed by atoms with Crippen LogP contribution >= 0.6 is 0 Å². The SMILES string of the molecule is Cc1nc(-c2ccccc2)c(-c2ccccc2)n1CCCCCCNC(=O)O/N=C/c1ccc(F)cc1. The summed E-state index contributed by atoms with van der Waals surface area (Å²) in [5.74, 6) is 0.674. The van der Waals surface area contributed by atoms with Crippen molar-refractivity contribution in [2.24, 2.45) is 5.16 Å². The molecule has 0 aliphatic heterocycles. The van der Waals surface area contributed by atoms with Crippen LogP contribution in [0, 0.1) is 12.7 Å². The first kappa shape index (κ1) is 25.8. The van der Waals surface area contributed by atoms with Crippen LogP contribution in [0.4, 0.5) is 9.18 Å². The van der Waals surface area contributed by atoms with Crippen molar-refractivity contribution in [3.8, 4) is 22.5 Å². The zero-order valence-electron chi connectivity index (χ0n) is 20.9. The number of aromatic nitrogens is 2. The molecule has 0 aliphatic carbocycles. The lowest BCUT2D eigenvalue weighted by Gasteiger charge is -2.12. The fraction of sp³-hybridized carbons (Fsp3) is 0.233. The Kier molecular flexibility index (Phi) is 9.18. The first-order chi connectivity index (χ1) is 18.1. The Hall–Kier alpha value is -4.26. The molecule has 1 aromatic heterocycles. The number of oxime groups is 1. The Morgan fingerprint density at radius 2 is 1.57 bits per heavy atom. The van der Waals surface area contributed by atoms with Gasteiger partial charge in [-0.1, -0.05) is 90.8 Å². The van der Waals surface area contributed by atoms with E-state index in [2.05, 4.69) is 58.4 Å². The lowest BCUT2D eigenvalue weighted by Crippen LogP contribution is -2.23. The molecular formula is C30H31FN4O2. The molecule has 0 spiro atoms. The number of carbonyl (C=O) groups is 1. The number of hydrogen-bond acceptors (Lipinski definition) is 4. The van der Waals surface area contributed by atoms with Gasteiger partial charge in [0.05, 0.1) is 17.6 Å². The molecule has 4 aromatic rings. The molecule has 4 rings (SSSR count). The van der Waals surface area contributed by atoms with E-state index in [0.29, 0.717) is 12.1 Å². The molecule has 7 heteroatoms. The van der Waals surface area contributed by atoms with Crippen molar-refractivity contribution in [2.75, 3.05) is 6.54 Å². The summed E-state index contributed by atoms with van der Waals surface area (Å²) >= 11 is 0. The van der Waals surface area contributed by atoms with Crippen LogP contribution in [0.2, 0.25) is 0 Å². The standard InChI is InChI=1S/C30H31FN4O2/c1-23-34-28(25-12-6-4-7-13-25)29(26-14-8-5-9-15-26)35(23)21-11-3-2-10-20-32-30(36)37-33-22-24-16-18-27(31)19-17-24/h4-9,12-19,22H,2-3,10-11,20-21H2,1H3,(H,32,36)/b33-22+. The van der Waals surface area contributed by atoms with Gasteiger partial charge >= 0.3 is 6.09 Å². The molecule has 3 aromatic carbocycles. The van der Waals surface area contributed by atoms with E-state index in [1.807, 2.05) is 24.3 Å². The second-order valence-corrected chi connectivity index (χ2v) is 8.75. The van der Waals surface area contributed by atoms with Gasteiger partial charge in [-0.05, 0) is 37.5 Å². The maximum atomic E-state index is 12.9. The van der Waals surface area contributed by atoms with E-state index in [4.69, 9.17) is 9.82 Å². The topological polar surface area (TPSA) is 68.5 Å². The Balaban J connectivity index is 1.23. The number of imidazole rings is 1. The van der Waals surface area contributed by atoms with Crippen LogP contribution in [0.1, 0.15) is 37.1 Å². The summed E-state index contributed by atoms with van der Waals surface area (Å²) in [6, 6.07) is 26.5. The molecule has 1 N–H and O–H groups in total.